The second-order valence-corrected chi connectivity index (χ2v) is 5.81. The van der Waals surface area contributed by atoms with Gasteiger partial charge in [0.25, 0.3) is 0 Å². The Morgan fingerprint density at radius 1 is 1.12 bits per heavy atom. The Labute approximate surface area is 146 Å². The highest BCUT2D eigenvalue weighted by molar-refractivity contribution is 6.30. The number of urea groups is 1. The summed E-state index contributed by atoms with van der Waals surface area (Å²) in [6.07, 6.45) is -4.57. The first kappa shape index (κ1) is 18.8. The number of hydrogen-bond acceptors (Lipinski definition) is 4. The molecule has 0 unspecified atom stereocenters. The average Bonchev–Trinajstić information content (AvgIpc) is 2.49. The molecule has 1 aromatic heterocycles. The van der Waals surface area contributed by atoms with Crippen LogP contribution in [0.3, 0.4) is 0 Å². The molecule has 2 aromatic rings. The second kappa shape index (κ2) is 7.56. The monoisotopic (exact) mass is 373 g/mol. The van der Waals surface area contributed by atoms with E-state index in [1.54, 1.807) is 13.8 Å². The Bertz CT molecular complexity index is 750. The van der Waals surface area contributed by atoms with E-state index >= 15 is 0 Å². The van der Waals surface area contributed by atoms with Gasteiger partial charge in [0.05, 0.1) is 11.3 Å². The standard InChI is InChI=1S/C15H15ClF3N5O/c1-8(2)20-14(25)22-13-6-5-12(23-24-13)21-11-4-3-9(16)7-10(11)15(17,18)19/h3-8H,1-2H3,(H,21,23)(H2,20,22,24,25). The molecule has 0 atom stereocenters. The lowest BCUT2D eigenvalue weighted by molar-refractivity contribution is -0.136. The SMILES string of the molecule is CC(C)NC(=O)Nc1ccc(Nc2ccc(Cl)cc2C(F)(F)F)nn1. The minimum absolute atomic E-state index is 0.0281. The van der Waals surface area contributed by atoms with Crippen molar-refractivity contribution in [2.24, 2.45) is 0 Å². The fourth-order valence-electron chi connectivity index (χ4n) is 1.88. The smallest absolute Gasteiger partial charge is 0.338 e. The second-order valence-electron chi connectivity index (χ2n) is 5.37. The largest absolute Gasteiger partial charge is 0.418 e. The lowest BCUT2D eigenvalue weighted by Gasteiger charge is -2.14. The van der Waals surface area contributed by atoms with Crippen molar-refractivity contribution >= 4 is 35.0 Å². The third-order valence-corrected chi connectivity index (χ3v) is 3.11. The van der Waals surface area contributed by atoms with E-state index in [-0.39, 0.29) is 28.4 Å². The van der Waals surface area contributed by atoms with Crippen LogP contribution >= 0.6 is 11.6 Å². The van der Waals surface area contributed by atoms with Crippen LogP contribution in [0.1, 0.15) is 19.4 Å². The molecule has 0 aliphatic rings. The van der Waals surface area contributed by atoms with Crippen molar-refractivity contribution in [3.05, 3.63) is 40.9 Å². The number of carbonyl (C=O) groups is 1. The molecule has 0 bridgehead atoms. The van der Waals surface area contributed by atoms with Gasteiger partial charge in [-0.15, -0.1) is 10.2 Å². The molecular weight excluding hydrogens is 359 g/mol. The number of halogens is 4. The molecule has 0 saturated heterocycles. The van der Waals surface area contributed by atoms with Crippen LogP contribution < -0.4 is 16.0 Å². The predicted molar refractivity (Wildman–Crippen MR) is 89.1 cm³/mol. The van der Waals surface area contributed by atoms with Crippen LogP contribution in [-0.2, 0) is 6.18 Å². The van der Waals surface area contributed by atoms with E-state index in [0.29, 0.717) is 0 Å². The van der Waals surface area contributed by atoms with Crippen LogP contribution in [-0.4, -0.2) is 22.3 Å². The lowest BCUT2D eigenvalue weighted by Crippen LogP contribution is -2.34. The molecule has 25 heavy (non-hydrogen) atoms. The first-order valence-electron chi connectivity index (χ1n) is 7.20. The maximum absolute atomic E-state index is 13.1. The summed E-state index contributed by atoms with van der Waals surface area (Å²) in [6.45, 7) is 3.59. The number of anilines is 3. The topological polar surface area (TPSA) is 78.9 Å². The van der Waals surface area contributed by atoms with Crippen molar-refractivity contribution < 1.29 is 18.0 Å². The van der Waals surface area contributed by atoms with Crippen LogP contribution in [0.2, 0.25) is 5.02 Å². The van der Waals surface area contributed by atoms with Gasteiger partial charge >= 0.3 is 12.2 Å². The Balaban J connectivity index is 2.13. The number of nitrogens with zero attached hydrogens (tertiary/aromatic N) is 2. The van der Waals surface area contributed by atoms with Gasteiger partial charge in [0.2, 0.25) is 0 Å². The number of amides is 2. The van der Waals surface area contributed by atoms with E-state index in [1.165, 1.54) is 24.3 Å². The molecule has 1 aromatic carbocycles. The summed E-state index contributed by atoms with van der Waals surface area (Å²) in [5, 5.41) is 15.1. The first-order chi connectivity index (χ1) is 11.6. The van der Waals surface area contributed by atoms with Crippen molar-refractivity contribution in [1.29, 1.82) is 0 Å². The summed E-state index contributed by atoms with van der Waals surface area (Å²) in [7, 11) is 0. The van der Waals surface area contributed by atoms with Gasteiger partial charge in [0.15, 0.2) is 11.6 Å². The summed E-state index contributed by atoms with van der Waals surface area (Å²) < 4.78 is 39.2. The molecule has 0 aliphatic carbocycles. The highest BCUT2D eigenvalue weighted by atomic mass is 35.5. The fourth-order valence-corrected chi connectivity index (χ4v) is 2.05. The molecule has 1 heterocycles. The van der Waals surface area contributed by atoms with Crippen LogP contribution in [0.25, 0.3) is 0 Å². The van der Waals surface area contributed by atoms with Crippen molar-refractivity contribution in [1.82, 2.24) is 15.5 Å². The predicted octanol–water partition coefficient (Wildman–Crippen LogP) is 4.42. The highest BCUT2D eigenvalue weighted by Gasteiger charge is 2.33. The van der Waals surface area contributed by atoms with E-state index in [1.807, 2.05) is 0 Å². The van der Waals surface area contributed by atoms with Gasteiger partial charge in [-0.25, -0.2) is 4.79 Å². The molecule has 2 rings (SSSR count). The Kier molecular flexibility index (Phi) is 5.68. The normalized spacial score (nSPS) is 11.3. The third kappa shape index (κ3) is 5.49. The average molecular weight is 374 g/mol. The Hall–Kier alpha value is -2.55. The molecule has 0 spiro atoms. The summed E-state index contributed by atoms with van der Waals surface area (Å²) in [5.41, 5.74) is -1.12. The minimum Gasteiger partial charge on any atom is -0.338 e. The zero-order valence-corrected chi connectivity index (χ0v) is 14.0. The Morgan fingerprint density at radius 2 is 1.76 bits per heavy atom. The van der Waals surface area contributed by atoms with Gasteiger partial charge in [-0.1, -0.05) is 11.6 Å². The van der Waals surface area contributed by atoms with Crippen molar-refractivity contribution in [3.8, 4) is 0 Å². The zero-order chi connectivity index (χ0) is 18.6. The van der Waals surface area contributed by atoms with Crippen LogP contribution in [0, 0.1) is 0 Å². The van der Waals surface area contributed by atoms with Crippen LogP contribution in [0.5, 0.6) is 0 Å². The minimum atomic E-state index is -4.57. The van der Waals surface area contributed by atoms with Gasteiger partial charge < -0.3 is 10.6 Å². The van der Waals surface area contributed by atoms with Gasteiger partial charge in [0, 0.05) is 11.1 Å². The van der Waals surface area contributed by atoms with Gasteiger partial charge in [-0.05, 0) is 44.2 Å². The molecule has 2 amide bonds. The highest BCUT2D eigenvalue weighted by Crippen LogP contribution is 2.37. The lowest BCUT2D eigenvalue weighted by atomic mass is 10.1. The summed E-state index contributed by atoms with van der Waals surface area (Å²) in [6, 6.07) is 5.66. The third-order valence-electron chi connectivity index (χ3n) is 2.88. The van der Waals surface area contributed by atoms with Gasteiger partial charge in [-0.2, -0.15) is 13.2 Å². The zero-order valence-electron chi connectivity index (χ0n) is 13.3. The molecule has 0 saturated carbocycles. The number of rotatable bonds is 4. The molecule has 0 radical (unpaired) electrons. The molecule has 6 nitrogen and oxygen atoms in total. The number of alkyl halides is 3. The van der Waals surface area contributed by atoms with Gasteiger partial charge in [0.1, 0.15) is 0 Å². The Morgan fingerprint density at radius 3 is 2.32 bits per heavy atom. The maximum atomic E-state index is 13.1. The van der Waals surface area contributed by atoms with E-state index in [0.717, 1.165) is 6.07 Å². The number of hydrogen-bond donors (Lipinski definition) is 3. The number of benzene rings is 1. The molecule has 134 valence electrons. The van der Waals surface area contributed by atoms with Crippen molar-refractivity contribution in [2.45, 2.75) is 26.1 Å². The first-order valence-corrected chi connectivity index (χ1v) is 7.58. The summed E-state index contributed by atoms with van der Waals surface area (Å²) in [4.78, 5) is 11.5. The van der Waals surface area contributed by atoms with E-state index in [9.17, 15) is 18.0 Å². The number of carbonyl (C=O) groups excluding carboxylic acids is 1. The van der Waals surface area contributed by atoms with Crippen LogP contribution in [0.15, 0.2) is 30.3 Å². The van der Waals surface area contributed by atoms with Crippen molar-refractivity contribution in [3.63, 3.8) is 0 Å². The molecule has 0 fully saturated rings. The van der Waals surface area contributed by atoms with E-state index in [2.05, 4.69) is 26.1 Å². The summed E-state index contributed by atoms with van der Waals surface area (Å²) >= 11 is 5.63. The molecular formula is C15H15ClF3N5O. The van der Waals surface area contributed by atoms with Crippen LogP contribution in [0.4, 0.5) is 35.3 Å². The van der Waals surface area contributed by atoms with Crippen molar-refractivity contribution in [2.75, 3.05) is 10.6 Å². The molecule has 10 heteroatoms. The summed E-state index contributed by atoms with van der Waals surface area (Å²) in [5.74, 6) is 0.249. The van der Waals surface area contributed by atoms with Gasteiger partial charge in [-0.3, -0.25) is 5.32 Å². The van der Waals surface area contributed by atoms with E-state index in [4.69, 9.17) is 11.6 Å². The van der Waals surface area contributed by atoms with E-state index < -0.39 is 17.8 Å². The molecule has 3 N–H and O–H groups in total. The maximum Gasteiger partial charge on any atom is 0.418 e. The number of nitrogens with one attached hydrogen (secondary N) is 3. The number of aromatic nitrogens is 2. The fraction of sp³-hybridized carbons (Fsp3) is 0.267. The quantitative estimate of drug-likeness (QED) is 0.741. The molecule has 0 aliphatic heterocycles.